The molecule has 0 amide bonds. The third kappa shape index (κ3) is 3.34. The summed E-state index contributed by atoms with van der Waals surface area (Å²) >= 11 is 0. The Morgan fingerprint density at radius 3 is 2.65 bits per heavy atom. The first kappa shape index (κ1) is 15.9. The van der Waals surface area contributed by atoms with Crippen LogP contribution < -0.4 is 9.46 Å². The fourth-order valence-electron chi connectivity index (χ4n) is 2.53. The van der Waals surface area contributed by atoms with Crippen LogP contribution in [0.15, 0.2) is 41.6 Å². The molecule has 7 heteroatoms. The van der Waals surface area contributed by atoms with Crippen molar-refractivity contribution in [3.05, 3.63) is 36.5 Å². The summed E-state index contributed by atoms with van der Waals surface area (Å²) in [5, 5.41) is 4.38. The minimum absolute atomic E-state index is 0.0406. The summed E-state index contributed by atoms with van der Waals surface area (Å²) in [5.74, 6) is 0.515. The van der Waals surface area contributed by atoms with Crippen LogP contribution in [-0.2, 0) is 10.0 Å². The number of aromatic nitrogens is 2. The summed E-state index contributed by atoms with van der Waals surface area (Å²) in [6.45, 7) is 3.80. The number of rotatable bonds is 6. The number of ether oxygens (including phenoxy) is 1. The second kappa shape index (κ2) is 6.23. The maximum atomic E-state index is 12.7. The summed E-state index contributed by atoms with van der Waals surface area (Å²) < 4.78 is 35.4. The second-order valence-electron chi connectivity index (χ2n) is 5.97. The van der Waals surface area contributed by atoms with Crippen LogP contribution in [0.3, 0.4) is 0 Å². The Bertz CT molecular complexity index is 779. The highest BCUT2D eigenvalue weighted by molar-refractivity contribution is 7.92. The number of anilines is 1. The fraction of sp³-hybridized carbons (Fsp3) is 0.438. The van der Waals surface area contributed by atoms with E-state index >= 15 is 0 Å². The zero-order valence-electron chi connectivity index (χ0n) is 13.3. The Hall–Kier alpha value is -2.02. The maximum absolute atomic E-state index is 12.7. The van der Waals surface area contributed by atoms with Crippen LogP contribution in [-0.4, -0.2) is 24.3 Å². The van der Waals surface area contributed by atoms with Crippen LogP contribution in [0.2, 0.25) is 0 Å². The number of hydrogen-bond donors (Lipinski definition) is 1. The van der Waals surface area contributed by atoms with E-state index in [1.54, 1.807) is 22.9 Å². The molecule has 1 aromatic heterocycles. The number of nitrogens with zero attached hydrogens (tertiary/aromatic N) is 2. The molecular weight excluding hydrogens is 314 g/mol. The first-order valence-electron chi connectivity index (χ1n) is 7.79. The van der Waals surface area contributed by atoms with Gasteiger partial charge in [-0.1, -0.05) is 12.1 Å². The molecule has 1 aliphatic rings. The topological polar surface area (TPSA) is 73.2 Å². The van der Waals surface area contributed by atoms with Crippen molar-refractivity contribution in [3.63, 3.8) is 0 Å². The summed E-state index contributed by atoms with van der Waals surface area (Å²) in [7, 11) is -3.71. The van der Waals surface area contributed by atoms with Gasteiger partial charge in [0, 0.05) is 0 Å². The van der Waals surface area contributed by atoms with Gasteiger partial charge in [-0.15, -0.1) is 0 Å². The quantitative estimate of drug-likeness (QED) is 0.880. The van der Waals surface area contributed by atoms with Crippen LogP contribution in [0.4, 0.5) is 5.69 Å². The molecule has 1 heterocycles. The van der Waals surface area contributed by atoms with E-state index < -0.39 is 10.0 Å². The molecule has 0 bridgehead atoms. The summed E-state index contributed by atoms with van der Waals surface area (Å²) in [5.41, 5.74) is 0.433. The summed E-state index contributed by atoms with van der Waals surface area (Å²) in [4.78, 5) is 0. The van der Waals surface area contributed by atoms with Crippen LogP contribution >= 0.6 is 0 Å². The van der Waals surface area contributed by atoms with Crippen molar-refractivity contribution in [2.45, 2.75) is 50.3 Å². The lowest BCUT2D eigenvalue weighted by Gasteiger charge is -2.27. The molecule has 1 aliphatic carbocycles. The zero-order chi connectivity index (χ0) is 16.4. The third-order valence-electron chi connectivity index (χ3n) is 3.82. The van der Waals surface area contributed by atoms with E-state index in [0.717, 1.165) is 19.3 Å². The molecule has 1 N–H and O–H groups in total. The lowest BCUT2D eigenvalue weighted by molar-refractivity contribution is 0.244. The van der Waals surface area contributed by atoms with Crippen molar-refractivity contribution >= 4 is 15.7 Å². The highest BCUT2D eigenvalue weighted by Gasteiger charge is 2.28. The second-order valence-corrected chi connectivity index (χ2v) is 7.60. The van der Waals surface area contributed by atoms with Crippen molar-refractivity contribution < 1.29 is 13.2 Å². The van der Waals surface area contributed by atoms with Crippen LogP contribution in [0, 0.1) is 0 Å². The lowest BCUT2D eigenvalue weighted by Crippen LogP contribution is -2.25. The first-order valence-corrected chi connectivity index (χ1v) is 9.28. The molecule has 3 rings (SSSR count). The van der Waals surface area contributed by atoms with Crippen molar-refractivity contribution in [2.24, 2.45) is 0 Å². The van der Waals surface area contributed by atoms with Gasteiger partial charge in [-0.3, -0.25) is 4.72 Å². The number of nitrogens with one attached hydrogen (secondary N) is 1. The van der Waals surface area contributed by atoms with Crippen molar-refractivity contribution in [3.8, 4) is 5.75 Å². The molecule has 23 heavy (non-hydrogen) atoms. The van der Waals surface area contributed by atoms with Gasteiger partial charge in [0.2, 0.25) is 0 Å². The van der Waals surface area contributed by atoms with Gasteiger partial charge >= 0.3 is 0 Å². The molecule has 0 spiro atoms. The molecule has 0 unspecified atom stereocenters. The van der Waals surface area contributed by atoms with E-state index in [0.29, 0.717) is 11.4 Å². The van der Waals surface area contributed by atoms with Crippen molar-refractivity contribution in [1.29, 1.82) is 0 Å². The smallest absolute Gasteiger partial charge is 0.279 e. The van der Waals surface area contributed by atoms with Gasteiger partial charge in [0.15, 0.2) is 5.03 Å². The van der Waals surface area contributed by atoms with E-state index in [1.165, 1.54) is 12.3 Å². The Balaban J connectivity index is 1.89. The molecule has 0 saturated heterocycles. The van der Waals surface area contributed by atoms with Crippen LogP contribution in [0.5, 0.6) is 5.75 Å². The van der Waals surface area contributed by atoms with Gasteiger partial charge in [0.05, 0.1) is 24.0 Å². The highest BCUT2D eigenvalue weighted by Crippen LogP contribution is 2.34. The van der Waals surface area contributed by atoms with E-state index in [2.05, 4.69) is 9.82 Å². The molecular formula is C16H21N3O3S. The summed E-state index contributed by atoms with van der Waals surface area (Å²) in [6, 6.07) is 8.74. The van der Waals surface area contributed by atoms with Gasteiger partial charge in [-0.2, -0.15) is 13.5 Å². The van der Waals surface area contributed by atoms with Crippen molar-refractivity contribution in [1.82, 2.24) is 9.78 Å². The molecule has 1 saturated carbocycles. The number of benzene rings is 1. The van der Waals surface area contributed by atoms with Gasteiger partial charge < -0.3 is 4.74 Å². The Labute approximate surface area is 136 Å². The van der Waals surface area contributed by atoms with Crippen LogP contribution in [0.25, 0.3) is 0 Å². The number of hydrogen-bond acceptors (Lipinski definition) is 4. The Morgan fingerprint density at radius 1 is 1.26 bits per heavy atom. The molecule has 124 valence electrons. The van der Waals surface area contributed by atoms with Gasteiger partial charge in [0.1, 0.15) is 5.75 Å². The van der Waals surface area contributed by atoms with Crippen molar-refractivity contribution in [2.75, 3.05) is 4.72 Å². The largest absolute Gasteiger partial charge is 0.489 e. The van der Waals surface area contributed by atoms with E-state index in [-0.39, 0.29) is 17.2 Å². The summed E-state index contributed by atoms with van der Waals surface area (Å²) in [6.07, 6.45) is 4.54. The predicted octanol–water partition coefficient (Wildman–Crippen LogP) is 3.20. The Kier molecular flexibility index (Phi) is 4.30. The van der Waals surface area contributed by atoms with E-state index in [1.807, 2.05) is 19.9 Å². The normalized spacial score (nSPS) is 15.4. The highest BCUT2D eigenvalue weighted by atomic mass is 32.2. The number of para-hydroxylation sites is 2. The van der Waals surface area contributed by atoms with E-state index in [9.17, 15) is 8.42 Å². The van der Waals surface area contributed by atoms with Gasteiger partial charge in [-0.05, 0) is 51.3 Å². The standard InChI is InChI=1S/C16H21N3O3S/c1-12(2)22-15-9-4-3-8-14(15)18-23(20,21)16-10-11-17-19(16)13-6-5-7-13/h3-4,8-13,18H,5-7H2,1-2H3. The first-order chi connectivity index (χ1) is 11.0. The minimum atomic E-state index is -3.71. The molecule has 0 atom stereocenters. The number of sulfonamides is 1. The molecule has 0 radical (unpaired) electrons. The SMILES string of the molecule is CC(C)Oc1ccccc1NS(=O)(=O)c1ccnn1C1CCC1. The molecule has 0 aliphatic heterocycles. The van der Waals surface area contributed by atoms with Gasteiger partial charge in [0.25, 0.3) is 10.0 Å². The average molecular weight is 335 g/mol. The molecule has 1 fully saturated rings. The third-order valence-corrected chi connectivity index (χ3v) is 5.19. The van der Waals surface area contributed by atoms with Gasteiger partial charge in [-0.25, -0.2) is 4.68 Å². The lowest BCUT2D eigenvalue weighted by atomic mass is 9.93. The fourth-order valence-corrected chi connectivity index (χ4v) is 3.77. The zero-order valence-corrected chi connectivity index (χ0v) is 14.1. The average Bonchev–Trinajstić information content (AvgIpc) is 2.88. The Morgan fingerprint density at radius 2 is 2.00 bits per heavy atom. The molecule has 2 aromatic rings. The van der Waals surface area contributed by atoms with E-state index in [4.69, 9.17) is 4.74 Å². The minimum Gasteiger partial charge on any atom is -0.489 e. The monoisotopic (exact) mass is 335 g/mol. The van der Waals surface area contributed by atoms with Crippen LogP contribution in [0.1, 0.15) is 39.2 Å². The maximum Gasteiger partial charge on any atom is 0.279 e. The molecule has 1 aromatic carbocycles. The molecule has 6 nitrogen and oxygen atoms in total. The predicted molar refractivity (Wildman–Crippen MR) is 88.1 cm³/mol.